The SMILES string of the molecule is Cc1cc(NS(C)(=O)=O)ccc1-n1c(CCC(=O)O)ccc1Cc1ccc(-n2ccnc2)cc1. The fourth-order valence-corrected chi connectivity index (χ4v) is 4.55. The lowest BCUT2D eigenvalue weighted by molar-refractivity contribution is -0.136. The Morgan fingerprint density at radius 3 is 2.41 bits per heavy atom. The molecule has 0 atom stereocenters. The molecule has 0 spiro atoms. The molecular formula is C25H26N4O4S. The largest absolute Gasteiger partial charge is 0.481 e. The number of nitrogens with one attached hydrogen (secondary N) is 1. The molecule has 0 fully saturated rings. The molecule has 0 radical (unpaired) electrons. The van der Waals surface area contributed by atoms with Crippen LogP contribution >= 0.6 is 0 Å². The number of aromatic nitrogens is 3. The molecule has 2 aromatic heterocycles. The van der Waals surface area contributed by atoms with Crippen LogP contribution in [0, 0.1) is 6.92 Å². The first-order valence-electron chi connectivity index (χ1n) is 10.8. The minimum absolute atomic E-state index is 0.0236. The third-order valence-corrected chi connectivity index (χ3v) is 6.11. The van der Waals surface area contributed by atoms with Crippen molar-refractivity contribution in [2.45, 2.75) is 26.2 Å². The third kappa shape index (κ3) is 5.55. The predicted octanol–water partition coefficient (Wildman–Crippen LogP) is 3.95. The Morgan fingerprint density at radius 2 is 1.79 bits per heavy atom. The Bertz CT molecular complexity index is 1410. The molecule has 176 valence electrons. The molecule has 0 aliphatic carbocycles. The normalized spacial score (nSPS) is 11.5. The van der Waals surface area contributed by atoms with Gasteiger partial charge in [-0.3, -0.25) is 9.52 Å². The monoisotopic (exact) mass is 478 g/mol. The second-order valence-corrected chi connectivity index (χ2v) is 9.98. The number of aliphatic carboxylic acids is 1. The van der Waals surface area contributed by atoms with E-state index in [4.69, 9.17) is 0 Å². The quantitative estimate of drug-likeness (QED) is 0.379. The topological polar surface area (TPSA) is 106 Å². The Kier molecular flexibility index (Phi) is 6.56. The van der Waals surface area contributed by atoms with Gasteiger partial charge in [0.05, 0.1) is 19.0 Å². The minimum atomic E-state index is -3.38. The molecule has 4 aromatic rings. The summed E-state index contributed by atoms with van der Waals surface area (Å²) in [5.74, 6) is -0.853. The van der Waals surface area contributed by atoms with Crippen molar-refractivity contribution in [3.63, 3.8) is 0 Å². The number of carboxylic acids is 1. The summed E-state index contributed by atoms with van der Waals surface area (Å²) in [6.45, 7) is 1.91. The Hall–Kier alpha value is -3.85. The number of rotatable bonds is 9. The maximum absolute atomic E-state index is 11.6. The highest BCUT2D eigenvalue weighted by Crippen LogP contribution is 2.26. The lowest BCUT2D eigenvalue weighted by atomic mass is 10.1. The van der Waals surface area contributed by atoms with Crippen molar-refractivity contribution in [3.8, 4) is 11.4 Å². The average Bonchev–Trinajstić information content (AvgIpc) is 3.43. The van der Waals surface area contributed by atoms with E-state index in [1.165, 1.54) is 0 Å². The Labute approximate surface area is 198 Å². The molecular weight excluding hydrogens is 452 g/mol. The number of hydrogen-bond donors (Lipinski definition) is 2. The summed E-state index contributed by atoms with van der Waals surface area (Å²) in [5.41, 5.74) is 6.28. The summed E-state index contributed by atoms with van der Waals surface area (Å²) < 4.78 is 29.7. The van der Waals surface area contributed by atoms with Gasteiger partial charge in [-0.15, -0.1) is 0 Å². The van der Waals surface area contributed by atoms with Gasteiger partial charge in [-0.2, -0.15) is 0 Å². The van der Waals surface area contributed by atoms with Crippen molar-refractivity contribution in [1.29, 1.82) is 0 Å². The molecule has 0 aliphatic rings. The van der Waals surface area contributed by atoms with Gasteiger partial charge < -0.3 is 14.2 Å². The summed E-state index contributed by atoms with van der Waals surface area (Å²) in [4.78, 5) is 15.3. The maximum Gasteiger partial charge on any atom is 0.303 e. The van der Waals surface area contributed by atoms with Gasteiger partial charge in [0.25, 0.3) is 0 Å². The van der Waals surface area contributed by atoms with E-state index >= 15 is 0 Å². The van der Waals surface area contributed by atoms with E-state index in [-0.39, 0.29) is 6.42 Å². The third-order valence-electron chi connectivity index (χ3n) is 5.50. The van der Waals surface area contributed by atoms with Crippen LogP contribution < -0.4 is 4.72 Å². The van der Waals surface area contributed by atoms with E-state index in [9.17, 15) is 18.3 Å². The molecule has 0 bridgehead atoms. The highest BCUT2D eigenvalue weighted by atomic mass is 32.2. The lowest BCUT2D eigenvalue weighted by Gasteiger charge is -2.17. The van der Waals surface area contributed by atoms with Gasteiger partial charge in [0.2, 0.25) is 10.0 Å². The van der Waals surface area contributed by atoms with Crippen molar-refractivity contribution < 1.29 is 18.3 Å². The molecule has 9 heteroatoms. The average molecular weight is 479 g/mol. The maximum atomic E-state index is 11.6. The van der Waals surface area contributed by atoms with Crippen LogP contribution in [0.1, 0.15) is 28.9 Å². The zero-order chi connectivity index (χ0) is 24.3. The van der Waals surface area contributed by atoms with Crippen molar-refractivity contribution >= 4 is 21.7 Å². The molecule has 2 aromatic carbocycles. The van der Waals surface area contributed by atoms with Crippen molar-refractivity contribution in [1.82, 2.24) is 14.1 Å². The predicted molar refractivity (Wildman–Crippen MR) is 131 cm³/mol. The van der Waals surface area contributed by atoms with Gasteiger partial charge in [-0.05, 0) is 66.9 Å². The highest BCUT2D eigenvalue weighted by Gasteiger charge is 2.15. The van der Waals surface area contributed by atoms with Crippen LogP contribution in [0.2, 0.25) is 0 Å². The number of sulfonamides is 1. The molecule has 0 saturated carbocycles. The second-order valence-electron chi connectivity index (χ2n) is 8.23. The number of imidazole rings is 1. The van der Waals surface area contributed by atoms with Crippen LogP contribution in [0.5, 0.6) is 0 Å². The number of nitrogens with zero attached hydrogens (tertiary/aromatic N) is 3. The first-order chi connectivity index (χ1) is 16.2. The van der Waals surface area contributed by atoms with Gasteiger partial charge in [0, 0.05) is 47.3 Å². The van der Waals surface area contributed by atoms with E-state index in [0.29, 0.717) is 18.5 Å². The van der Waals surface area contributed by atoms with E-state index in [1.807, 2.05) is 48.0 Å². The zero-order valence-electron chi connectivity index (χ0n) is 19.0. The van der Waals surface area contributed by atoms with E-state index < -0.39 is 16.0 Å². The van der Waals surface area contributed by atoms with Gasteiger partial charge >= 0.3 is 5.97 Å². The summed E-state index contributed by atoms with van der Waals surface area (Å²) in [7, 11) is -3.38. The van der Waals surface area contributed by atoms with E-state index in [2.05, 4.69) is 26.4 Å². The summed E-state index contributed by atoms with van der Waals surface area (Å²) in [6.07, 6.45) is 7.55. The van der Waals surface area contributed by atoms with E-state index in [0.717, 1.165) is 40.1 Å². The van der Waals surface area contributed by atoms with Crippen LogP contribution in [-0.4, -0.2) is 39.9 Å². The number of benzene rings is 2. The summed E-state index contributed by atoms with van der Waals surface area (Å²) in [5, 5.41) is 9.20. The lowest BCUT2D eigenvalue weighted by Crippen LogP contribution is -2.11. The van der Waals surface area contributed by atoms with Crippen LogP contribution in [-0.2, 0) is 27.7 Å². The second kappa shape index (κ2) is 9.56. The van der Waals surface area contributed by atoms with Crippen LogP contribution in [0.15, 0.2) is 73.3 Å². The molecule has 0 saturated heterocycles. The smallest absolute Gasteiger partial charge is 0.303 e. The first kappa shape index (κ1) is 23.3. The van der Waals surface area contributed by atoms with Gasteiger partial charge in [-0.25, -0.2) is 13.4 Å². The summed E-state index contributed by atoms with van der Waals surface area (Å²) in [6, 6.07) is 17.5. The molecule has 0 amide bonds. The number of carbonyl (C=O) groups is 1. The van der Waals surface area contributed by atoms with Crippen molar-refractivity contribution in [3.05, 3.63) is 95.8 Å². The molecule has 4 rings (SSSR count). The molecule has 0 unspecified atom stereocenters. The fraction of sp³-hybridized carbons (Fsp3) is 0.200. The molecule has 0 aliphatic heterocycles. The van der Waals surface area contributed by atoms with Gasteiger partial charge in [0.15, 0.2) is 0 Å². The molecule has 2 N–H and O–H groups in total. The van der Waals surface area contributed by atoms with Crippen LogP contribution in [0.4, 0.5) is 5.69 Å². The van der Waals surface area contributed by atoms with Crippen molar-refractivity contribution in [2.24, 2.45) is 0 Å². The van der Waals surface area contributed by atoms with Gasteiger partial charge in [0.1, 0.15) is 0 Å². The molecule has 2 heterocycles. The Balaban J connectivity index is 1.68. The Morgan fingerprint density at radius 1 is 1.06 bits per heavy atom. The van der Waals surface area contributed by atoms with Crippen LogP contribution in [0.3, 0.4) is 0 Å². The van der Waals surface area contributed by atoms with Crippen LogP contribution in [0.25, 0.3) is 11.4 Å². The van der Waals surface area contributed by atoms with Crippen molar-refractivity contribution in [2.75, 3.05) is 11.0 Å². The zero-order valence-corrected chi connectivity index (χ0v) is 19.8. The number of carboxylic acid groups (broad SMARTS) is 1. The highest BCUT2D eigenvalue weighted by molar-refractivity contribution is 7.92. The van der Waals surface area contributed by atoms with Gasteiger partial charge in [-0.1, -0.05) is 12.1 Å². The van der Waals surface area contributed by atoms with E-state index in [1.54, 1.807) is 24.7 Å². The fourth-order valence-electron chi connectivity index (χ4n) is 3.99. The number of hydrogen-bond acceptors (Lipinski definition) is 4. The number of aryl methyl sites for hydroxylation is 2. The number of anilines is 1. The minimum Gasteiger partial charge on any atom is -0.481 e. The molecule has 8 nitrogen and oxygen atoms in total. The first-order valence-corrected chi connectivity index (χ1v) is 12.7. The molecule has 34 heavy (non-hydrogen) atoms. The standard InChI is InChI=1S/C25H26N4O4S/c1-18-15-20(27-34(2,32)33)5-11-24(18)29-22(10-12-25(30)31)8-9-23(29)16-19-3-6-21(7-4-19)28-14-13-26-17-28/h3-9,11,13-15,17,27H,10,12,16H2,1-2H3,(H,30,31). The summed E-state index contributed by atoms with van der Waals surface area (Å²) >= 11 is 0.